The first kappa shape index (κ1) is 23.5. The summed E-state index contributed by atoms with van der Waals surface area (Å²) in [5, 5.41) is 2.32. The first-order valence-electron chi connectivity index (χ1n) is 10.2. The number of hydrogen-bond acceptors (Lipinski definition) is 6. The van der Waals surface area contributed by atoms with Gasteiger partial charge >= 0.3 is 6.18 Å². The van der Waals surface area contributed by atoms with E-state index in [9.17, 15) is 26.4 Å². The van der Waals surface area contributed by atoms with Crippen LogP contribution in [0, 0.1) is 6.92 Å². The average molecular weight is 491 g/mol. The van der Waals surface area contributed by atoms with Gasteiger partial charge in [-0.2, -0.15) is 21.6 Å². The lowest BCUT2D eigenvalue weighted by atomic mass is 10.0. The topological polar surface area (TPSA) is 104 Å². The molecule has 34 heavy (non-hydrogen) atoms. The number of amides is 1. The van der Waals surface area contributed by atoms with Gasteiger partial charge in [-0.3, -0.25) is 9.52 Å². The van der Waals surface area contributed by atoms with E-state index in [1.165, 1.54) is 18.2 Å². The highest BCUT2D eigenvalue weighted by Gasteiger charge is 2.35. The summed E-state index contributed by atoms with van der Waals surface area (Å²) < 4.78 is 69.0. The molecule has 3 aromatic rings. The number of aryl methyl sites for hydroxylation is 1. The summed E-state index contributed by atoms with van der Waals surface area (Å²) in [5.74, 6) is -0.202. The number of carbonyl (C=O) groups excluding carboxylic acids is 1. The number of benzene rings is 1. The molecule has 0 bridgehead atoms. The van der Waals surface area contributed by atoms with E-state index in [4.69, 9.17) is 0 Å². The second kappa shape index (κ2) is 8.93. The maximum absolute atomic E-state index is 13.6. The number of piperazine rings is 1. The molecule has 178 valence electrons. The van der Waals surface area contributed by atoms with Crippen molar-refractivity contribution >= 4 is 27.6 Å². The SMILES string of the molecule is Cc1ccccc1-c1nc(NS(=O)(=O)c2cccc(N3CCNC(=O)C3)n2)ccc1C(F)(F)F. The van der Waals surface area contributed by atoms with Crippen LogP contribution in [-0.2, 0) is 21.0 Å². The van der Waals surface area contributed by atoms with Gasteiger partial charge in [0.25, 0.3) is 10.0 Å². The molecule has 0 atom stereocenters. The van der Waals surface area contributed by atoms with Crippen molar-refractivity contribution in [2.24, 2.45) is 0 Å². The third-order valence-corrected chi connectivity index (χ3v) is 6.44. The lowest BCUT2D eigenvalue weighted by Crippen LogP contribution is -2.48. The van der Waals surface area contributed by atoms with E-state index < -0.39 is 21.8 Å². The summed E-state index contributed by atoms with van der Waals surface area (Å²) in [6.45, 7) is 2.53. The minimum absolute atomic E-state index is 0.0319. The normalized spacial score (nSPS) is 14.6. The van der Waals surface area contributed by atoms with Crippen LogP contribution < -0.4 is 14.9 Å². The predicted octanol–water partition coefficient (Wildman–Crippen LogP) is 3.21. The summed E-state index contributed by atoms with van der Waals surface area (Å²) in [6, 6.07) is 12.5. The second-order valence-corrected chi connectivity index (χ2v) is 9.25. The van der Waals surface area contributed by atoms with Gasteiger partial charge in [0.15, 0.2) is 5.03 Å². The van der Waals surface area contributed by atoms with Crippen molar-refractivity contribution in [1.29, 1.82) is 0 Å². The van der Waals surface area contributed by atoms with Crippen molar-refractivity contribution in [3.05, 3.63) is 65.7 Å². The van der Waals surface area contributed by atoms with Gasteiger partial charge in [-0.05, 0) is 36.8 Å². The number of carbonyl (C=O) groups is 1. The fourth-order valence-corrected chi connectivity index (χ4v) is 4.51. The Morgan fingerprint density at radius 3 is 2.50 bits per heavy atom. The molecule has 1 aliphatic heterocycles. The molecule has 2 aromatic heterocycles. The third-order valence-electron chi connectivity index (χ3n) is 5.19. The number of sulfonamides is 1. The maximum atomic E-state index is 13.6. The predicted molar refractivity (Wildman–Crippen MR) is 120 cm³/mol. The summed E-state index contributed by atoms with van der Waals surface area (Å²) >= 11 is 0. The molecule has 0 saturated carbocycles. The first-order chi connectivity index (χ1) is 16.0. The van der Waals surface area contributed by atoms with Crippen molar-refractivity contribution in [1.82, 2.24) is 15.3 Å². The number of rotatable bonds is 5. The van der Waals surface area contributed by atoms with Gasteiger partial charge in [0.05, 0.1) is 17.8 Å². The molecule has 8 nitrogen and oxygen atoms in total. The zero-order valence-corrected chi connectivity index (χ0v) is 18.7. The molecule has 1 fully saturated rings. The highest BCUT2D eigenvalue weighted by Crippen LogP contribution is 2.38. The molecular formula is C22H20F3N5O3S. The third kappa shape index (κ3) is 4.96. The standard InChI is InChI=1S/C22H20F3N5O3S/c1-14-5-2-3-6-15(14)21-16(22(23,24)25)9-10-17(27-21)29-34(32,33)20-8-4-7-18(28-20)30-12-11-26-19(31)13-30/h2-10H,11-13H2,1H3,(H,26,31)(H,27,29). The zero-order valence-electron chi connectivity index (χ0n) is 17.9. The summed E-state index contributed by atoms with van der Waals surface area (Å²) in [6.07, 6.45) is -4.68. The van der Waals surface area contributed by atoms with E-state index in [0.29, 0.717) is 24.5 Å². The van der Waals surface area contributed by atoms with Gasteiger partial charge in [-0.1, -0.05) is 30.3 Å². The molecule has 2 N–H and O–H groups in total. The van der Waals surface area contributed by atoms with Gasteiger partial charge in [0.1, 0.15) is 11.6 Å². The van der Waals surface area contributed by atoms with E-state index >= 15 is 0 Å². The quantitative estimate of drug-likeness (QED) is 0.568. The Balaban J connectivity index is 1.69. The van der Waals surface area contributed by atoms with Crippen LogP contribution in [-0.4, -0.2) is 43.9 Å². The van der Waals surface area contributed by atoms with Crippen molar-refractivity contribution in [2.75, 3.05) is 29.3 Å². The Labute approximate surface area is 193 Å². The molecular weight excluding hydrogens is 471 g/mol. The van der Waals surface area contributed by atoms with Crippen molar-refractivity contribution < 1.29 is 26.4 Å². The minimum atomic E-state index is -4.68. The maximum Gasteiger partial charge on any atom is 0.418 e. The lowest BCUT2D eigenvalue weighted by molar-refractivity contribution is -0.137. The smallest absolute Gasteiger partial charge is 0.353 e. The van der Waals surface area contributed by atoms with E-state index in [0.717, 1.165) is 12.1 Å². The number of hydrogen-bond donors (Lipinski definition) is 2. The van der Waals surface area contributed by atoms with E-state index in [1.54, 1.807) is 36.1 Å². The molecule has 4 rings (SSSR count). The van der Waals surface area contributed by atoms with Crippen molar-refractivity contribution in [3.63, 3.8) is 0 Å². The molecule has 1 amide bonds. The molecule has 1 saturated heterocycles. The van der Waals surface area contributed by atoms with Crippen LogP contribution in [0.3, 0.4) is 0 Å². The molecule has 0 aliphatic carbocycles. The van der Waals surface area contributed by atoms with Gasteiger partial charge < -0.3 is 10.2 Å². The minimum Gasteiger partial charge on any atom is -0.353 e. The first-order valence-corrected chi connectivity index (χ1v) is 11.7. The fraction of sp³-hybridized carbons (Fsp3) is 0.227. The number of aromatic nitrogens is 2. The van der Waals surface area contributed by atoms with Gasteiger partial charge in [0.2, 0.25) is 5.91 Å². The summed E-state index contributed by atoms with van der Waals surface area (Å²) in [4.78, 5) is 21.4. The number of nitrogens with zero attached hydrogens (tertiary/aromatic N) is 3. The molecule has 0 spiro atoms. The van der Waals surface area contributed by atoms with E-state index in [-0.39, 0.29) is 34.6 Å². The molecule has 1 aliphatic rings. The van der Waals surface area contributed by atoms with Crippen LogP contribution in [0.5, 0.6) is 0 Å². The van der Waals surface area contributed by atoms with Crippen molar-refractivity contribution in [3.8, 4) is 11.3 Å². The summed E-state index contributed by atoms with van der Waals surface area (Å²) in [5.41, 5.74) is -0.570. The monoisotopic (exact) mass is 491 g/mol. The van der Waals surface area contributed by atoms with Crippen LogP contribution in [0.4, 0.5) is 24.8 Å². The number of halogens is 3. The highest BCUT2D eigenvalue weighted by atomic mass is 32.2. The van der Waals surface area contributed by atoms with Gasteiger partial charge in [-0.15, -0.1) is 0 Å². The molecule has 3 heterocycles. The summed E-state index contributed by atoms with van der Waals surface area (Å²) in [7, 11) is -4.28. The molecule has 0 radical (unpaired) electrons. The molecule has 0 unspecified atom stereocenters. The Morgan fingerprint density at radius 2 is 1.79 bits per heavy atom. The number of pyridine rings is 2. The molecule has 1 aromatic carbocycles. The average Bonchev–Trinajstić information content (AvgIpc) is 2.78. The Morgan fingerprint density at radius 1 is 1.03 bits per heavy atom. The van der Waals surface area contributed by atoms with Crippen LogP contribution in [0.15, 0.2) is 59.6 Å². The van der Waals surface area contributed by atoms with Gasteiger partial charge in [-0.25, -0.2) is 9.97 Å². The van der Waals surface area contributed by atoms with Crippen LogP contribution >= 0.6 is 0 Å². The fourth-order valence-electron chi connectivity index (χ4n) is 3.54. The number of alkyl halides is 3. The number of anilines is 2. The van der Waals surface area contributed by atoms with Crippen molar-refractivity contribution in [2.45, 2.75) is 18.1 Å². The Kier molecular flexibility index (Phi) is 6.17. The second-order valence-electron chi connectivity index (χ2n) is 7.62. The number of nitrogens with one attached hydrogen (secondary N) is 2. The van der Waals surface area contributed by atoms with E-state index in [1.807, 2.05) is 0 Å². The van der Waals surface area contributed by atoms with Crippen LogP contribution in [0.25, 0.3) is 11.3 Å². The van der Waals surface area contributed by atoms with Gasteiger partial charge in [0, 0.05) is 18.7 Å². The Hall–Kier alpha value is -3.67. The van der Waals surface area contributed by atoms with Crippen LogP contribution in [0.2, 0.25) is 0 Å². The zero-order chi connectivity index (χ0) is 24.5. The van der Waals surface area contributed by atoms with Crippen LogP contribution in [0.1, 0.15) is 11.1 Å². The van der Waals surface area contributed by atoms with E-state index in [2.05, 4.69) is 20.0 Å². The molecule has 12 heteroatoms. The highest BCUT2D eigenvalue weighted by molar-refractivity contribution is 7.92. The largest absolute Gasteiger partial charge is 0.418 e. The lowest BCUT2D eigenvalue weighted by Gasteiger charge is -2.27. The Bertz CT molecular complexity index is 1350.